The van der Waals surface area contributed by atoms with Gasteiger partial charge in [-0.25, -0.2) is 18.0 Å². The summed E-state index contributed by atoms with van der Waals surface area (Å²) in [6.07, 6.45) is 0. The van der Waals surface area contributed by atoms with Gasteiger partial charge in [0.2, 0.25) is 9.84 Å². The maximum absolute atomic E-state index is 14.1. The minimum absolute atomic E-state index is 0.000206. The Labute approximate surface area is 250 Å². The Morgan fingerprint density at radius 3 is 1.52 bits per heavy atom. The van der Waals surface area contributed by atoms with Crippen LogP contribution in [0.25, 0.3) is 21.5 Å². The Kier molecular flexibility index (Phi) is 7.12. The molecule has 0 aromatic heterocycles. The van der Waals surface area contributed by atoms with E-state index in [-0.39, 0.29) is 55.1 Å². The van der Waals surface area contributed by atoms with Gasteiger partial charge in [0.15, 0.2) is 0 Å². The smallest absolute Gasteiger partial charge is 0.343 e. The van der Waals surface area contributed by atoms with Crippen LogP contribution in [0.3, 0.4) is 0 Å². The molecule has 0 amide bonds. The van der Waals surface area contributed by atoms with Crippen LogP contribution in [0.5, 0.6) is 28.7 Å². The number of rotatable bonds is 6. The summed E-state index contributed by atoms with van der Waals surface area (Å²) in [5.41, 5.74) is 0.402. The zero-order chi connectivity index (χ0) is 31.0. The summed E-state index contributed by atoms with van der Waals surface area (Å²) in [5, 5.41) is 30.3. The zero-order valence-corrected chi connectivity index (χ0v) is 23.5. The van der Waals surface area contributed by atoms with E-state index in [0.717, 1.165) is 0 Å². The number of phenols is 3. The van der Waals surface area contributed by atoms with Crippen molar-refractivity contribution in [2.24, 2.45) is 0 Å². The number of hydrogen-bond donors (Lipinski definition) is 3. The van der Waals surface area contributed by atoms with E-state index in [1.165, 1.54) is 97.1 Å². The lowest BCUT2D eigenvalue weighted by Gasteiger charge is -2.15. The molecule has 0 aliphatic heterocycles. The Morgan fingerprint density at radius 1 is 0.500 bits per heavy atom. The molecule has 0 saturated carbocycles. The zero-order valence-electron chi connectivity index (χ0n) is 22.7. The Balaban J connectivity index is 1.47. The van der Waals surface area contributed by atoms with E-state index in [9.17, 15) is 33.3 Å². The molecular weight excluding hydrogens is 584 g/mol. The van der Waals surface area contributed by atoms with Crippen molar-refractivity contribution in [2.75, 3.05) is 0 Å². The minimum Gasteiger partial charge on any atom is -0.508 e. The topological polar surface area (TPSA) is 147 Å². The first-order valence-electron chi connectivity index (χ1n) is 13.2. The number of fused-ring (bicyclic) bond motifs is 2. The van der Waals surface area contributed by atoms with Crippen molar-refractivity contribution < 1.29 is 42.8 Å². The van der Waals surface area contributed by atoms with Gasteiger partial charge in [-0.1, -0.05) is 6.07 Å². The summed E-state index contributed by atoms with van der Waals surface area (Å²) in [6.45, 7) is 0. The van der Waals surface area contributed by atoms with E-state index >= 15 is 0 Å². The lowest BCUT2D eigenvalue weighted by molar-refractivity contribution is 0.0725. The Bertz CT molecular complexity index is 2170. The molecule has 10 heteroatoms. The summed E-state index contributed by atoms with van der Waals surface area (Å²) >= 11 is 0. The fraction of sp³-hybridized carbons (Fsp3) is 0. The fourth-order valence-corrected chi connectivity index (χ4v) is 6.40. The fourth-order valence-electron chi connectivity index (χ4n) is 4.72. The lowest BCUT2D eigenvalue weighted by atomic mass is 10.0. The van der Waals surface area contributed by atoms with E-state index in [1.807, 2.05) is 0 Å². The third-order valence-corrected chi connectivity index (χ3v) is 8.76. The molecule has 9 nitrogen and oxygen atoms in total. The number of esters is 2. The van der Waals surface area contributed by atoms with E-state index in [1.54, 1.807) is 18.2 Å². The first kappa shape index (κ1) is 28.3. The van der Waals surface area contributed by atoms with Crippen LogP contribution in [-0.4, -0.2) is 35.7 Å². The molecule has 6 rings (SSSR count). The Hall–Kier alpha value is -5.87. The number of phenolic OH excluding ortho intramolecular Hbond substituents is 3. The summed E-state index contributed by atoms with van der Waals surface area (Å²) in [5.74, 6) is -1.22. The van der Waals surface area contributed by atoms with Gasteiger partial charge < -0.3 is 24.8 Å². The predicted molar refractivity (Wildman–Crippen MR) is 161 cm³/mol. The first-order chi connectivity index (χ1) is 21.1. The second kappa shape index (κ2) is 11.1. The van der Waals surface area contributed by atoms with E-state index in [0.29, 0.717) is 16.2 Å². The number of sulfone groups is 1. The molecule has 0 bridgehead atoms. The molecule has 0 spiro atoms. The van der Waals surface area contributed by atoms with E-state index in [4.69, 9.17) is 9.47 Å². The SMILES string of the molecule is O=C(Oc1ccc2c(S(=O)(=O)c3ccc(O)cc3)c3cc(OC(=O)c4ccc(O)cc4)ccc3cc2c1)c1ccc(O)cc1. The molecular formula is C34H22O9S. The normalized spacial score (nSPS) is 11.4. The quantitative estimate of drug-likeness (QED) is 0.112. The predicted octanol–water partition coefficient (Wildman–Crippen LogP) is 6.38. The molecule has 0 saturated heterocycles. The molecule has 6 aromatic rings. The van der Waals surface area contributed by atoms with Crippen LogP contribution in [0.2, 0.25) is 0 Å². The number of ether oxygens (including phenoxy) is 2. The van der Waals surface area contributed by atoms with Crippen LogP contribution in [0.1, 0.15) is 20.7 Å². The molecule has 218 valence electrons. The molecule has 6 aromatic carbocycles. The van der Waals surface area contributed by atoms with Gasteiger partial charge in [-0.05, 0) is 120 Å². The third kappa shape index (κ3) is 5.49. The number of hydrogen-bond acceptors (Lipinski definition) is 9. The van der Waals surface area contributed by atoms with Crippen LogP contribution in [0.4, 0.5) is 0 Å². The molecule has 0 aliphatic rings. The van der Waals surface area contributed by atoms with Crippen molar-refractivity contribution in [3.8, 4) is 28.7 Å². The van der Waals surface area contributed by atoms with Gasteiger partial charge in [0.25, 0.3) is 0 Å². The second-order valence-corrected chi connectivity index (χ2v) is 11.7. The summed E-state index contributed by atoms with van der Waals surface area (Å²) in [4.78, 5) is 25.3. The lowest BCUT2D eigenvalue weighted by Crippen LogP contribution is -2.09. The highest BCUT2D eigenvalue weighted by Crippen LogP contribution is 2.39. The van der Waals surface area contributed by atoms with Gasteiger partial charge in [-0.3, -0.25) is 0 Å². The maximum atomic E-state index is 14.1. The van der Waals surface area contributed by atoms with Gasteiger partial charge in [0, 0.05) is 10.8 Å². The van der Waals surface area contributed by atoms with Crippen LogP contribution in [-0.2, 0) is 9.84 Å². The van der Waals surface area contributed by atoms with Gasteiger partial charge >= 0.3 is 11.9 Å². The average molecular weight is 607 g/mol. The van der Waals surface area contributed by atoms with Crippen molar-refractivity contribution in [1.82, 2.24) is 0 Å². The van der Waals surface area contributed by atoms with Crippen molar-refractivity contribution >= 4 is 43.3 Å². The molecule has 0 heterocycles. The van der Waals surface area contributed by atoms with Crippen molar-refractivity contribution in [2.45, 2.75) is 9.79 Å². The maximum Gasteiger partial charge on any atom is 0.343 e. The van der Waals surface area contributed by atoms with Crippen molar-refractivity contribution in [3.63, 3.8) is 0 Å². The van der Waals surface area contributed by atoms with Gasteiger partial charge in [-0.15, -0.1) is 0 Å². The van der Waals surface area contributed by atoms with Gasteiger partial charge in [0.1, 0.15) is 28.7 Å². The second-order valence-electron chi connectivity index (χ2n) is 9.84. The van der Waals surface area contributed by atoms with Crippen LogP contribution in [0.15, 0.2) is 125 Å². The molecule has 0 unspecified atom stereocenters. The first-order valence-corrected chi connectivity index (χ1v) is 14.6. The van der Waals surface area contributed by atoms with Gasteiger partial charge in [-0.2, -0.15) is 0 Å². The molecule has 0 aliphatic carbocycles. The highest BCUT2D eigenvalue weighted by molar-refractivity contribution is 7.92. The largest absolute Gasteiger partial charge is 0.508 e. The standard InChI is InChI=1S/C34H22O9S/c35-24-6-1-20(2-7-24)33(38)42-27-13-16-30-23(18-27)17-22-5-12-28(43-34(39)21-3-8-25(36)9-4-21)19-31(22)32(30)44(40,41)29-14-10-26(37)11-15-29/h1-19,35-37H. The van der Waals surface area contributed by atoms with Gasteiger partial charge in [0.05, 0.1) is 20.9 Å². The highest BCUT2D eigenvalue weighted by atomic mass is 32.2. The molecule has 44 heavy (non-hydrogen) atoms. The molecule has 0 fully saturated rings. The third-order valence-electron chi connectivity index (χ3n) is 6.89. The minimum atomic E-state index is -4.20. The van der Waals surface area contributed by atoms with Crippen molar-refractivity contribution in [1.29, 1.82) is 0 Å². The molecule has 0 atom stereocenters. The number of carbonyl (C=O) groups excluding carboxylic acids is 2. The number of benzene rings is 6. The van der Waals surface area contributed by atoms with Crippen LogP contribution >= 0.6 is 0 Å². The van der Waals surface area contributed by atoms with Crippen molar-refractivity contribution in [3.05, 3.63) is 126 Å². The molecule has 3 N–H and O–H groups in total. The monoisotopic (exact) mass is 606 g/mol. The number of carbonyl (C=O) groups is 2. The highest BCUT2D eigenvalue weighted by Gasteiger charge is 2.25. The summed E-state index contributed by atoms with van der Waals surface area (Å²) < 4.78 is 39.3. The number of aromatic hydroxyl groups is 3. The average Bonchev–Trinajstić information content (AvgIpc) is 3.00. The van der Waals surface area contributed by atoms with E-state index < -0.39 is 21.8 Å². The molecule has 0 radical (unpaired) electrons. The summed E-state index contributed by atoms with van der Waals surface area (Å²) in [6, 6.07) is 27.0. The Morgan fingerprint density at radius 2 is 0.977 bits per heavy atom. The van der Waals surface area contributed by atoms with Crippen LogP contribution in [0, 0.1) is 0 Å². The van der Waals surface area contributed by atoms with Crippen LogP contribution < -0.4 is 9.47 Å². The van der Waals surface area contributed by atoms with E-state index in [2.05, 4.69) is 0 Å². The summed E-state index contributed by atoms with van der Waals surface area (Å²) in [7, 11) is -4.20.